The van der Waals surface area contributed by atoms with E-state index in [1.807, 2.05) is 66.9 Å². The molecular formula is C16H12ClN3. The molecule has 0 saturated carbocycles. The van der Waals surface area contributed by atoms with E-state index in [0.717, 1.165) is 22.1 Å². The highest BCUT2D eigenvalue weighted by Gasteiger charge is 1.98. The van der Waals surface area contributed by atoms with Gasteiger partial charge in [-0.05, 0) is 42.0 Å². The summed E-state index contributed by atoms with van der Waals surface area (Å²) in [7, 11) is 0. The van der Waals surface area contributed by atoms with Gasteiger partial charge in [-0.2, -0.15) is 5.10 Å². The third-order valence-electron chi connectivity index (χ3n) is 2.79. The molecule has 3 nitrogen and oxygen atoms in total. The van der Waals surface area contributed by atoms with Crippen molar-refractivity contribution >= 4 is 23.8 Å². The predicted octanol–water partition coefficient (Wildman–Crippen LogP) is 4.09. The van der Waals surface area contributed by atoms with E-state index in [-0.39, 0.29) is 0 Å². The Bertz CT molecular complexity index is 732. The molecule has 0 saturated heterocycles. The van der Waals surface area contributed by atoms with Crippen LogP contribution >= 0.6 is 11.6 Å². The highest BCUT2D eigenvalue weighted by Crippen LogP contribution is 2.13. The Balaban J connectivity index is 1.81. The summed E-state index contributed by atoms with van der Waals surface area (Å²) in [6, 6.07) is 15.4. The van der Waals surface area contributed by atoms with Crippen LogP contribution in [0.4, 0.5) is 0 Å². The topological polar surface area (TPSA) is 30.7 Å². The van der Waals surface area contributed by atoms with Gasteiger partial charge >= 0.3 is 0 Å². The van der Waals surface area contributed by atoms with Gasteiger partial charge in [-0.3, -0.25) is 0 Å². The first kappa shape index (κ1) is 12.6. The van der Waals surface area contributed by atoms with Gasteiger partial charge in [0.1, 0.15) is 0 Å². The van der Waals surface area contributed by atoms with Crippen LogP contribution in [0.25, 0.3) is 18.0 Å². The highest BCUT2D eigenvalue weighted by atomic mass is 35.5. The van der Waals surface area contributed by atoms with E-state index in [0.29, 0.717) is 0 Å². The van der Waals surface area contributed by atoms with E-state index < -0.39 is 0 Å². The lowest BCUT2D eigenvalue weighted by Gasteiger charge is -1.97. The first-order chi connectivity index (χ1) is 9.81. The molecule has 0 atom stereocenters. The first-order valence-electron chi connectivity index (χ1n) is 6.22. The summed E-state index contributed by atoms with van der Waals surface area (Å²) in [6.45, 7) is 0. The maximum Gasteiger partial charge on any atom is 0.153 e. The Morgan fingerprint density at radius 3 is 2.75 bits per heavy atom. The maximum absolute atomic E-state index is 5.95. The van der Waals surface area contributed by atoms with Gasteiger partial charge in [0.2, 0.25) is 0 Å². The zero-order chi connectivity index (χ0) is 13.8. The number of aromatic nitrogens is 3. The lowest BCUT2D eigenvalue weighted by atomic mass is 10.2. The molecule has 0 bridgehead atoms. The number of nitrogens with zero attached hydrogens (tertiary/aromatic N) is 3. The van der Waals surface area contributed by atoms with Crippen molar-refractivity contribution in [3.63, 3.8) is 0 Å². The summed E-state index contributed by atoms with van der Waals surface area (Å²) in [5.74, 6) is 0.801. The molecule has 0 N–H and O–H groups in total. The van der Waals surface area contributed by atoms with Crippen molar-refractivity contribution in [1.82, 2.24) is 14.8 Å². The fraction of sp³-hybridized carbons (Fsp3) is 0. The Morgan fingerprint density at radius 2 is 1.95 bits per heavy atom. The Morgan fingerprint density at radius 1 is 1.00 bits per heavy atom. The monoisotopic (exact) mass is 281 g/mol. The number of benzene rings is 1. The van der Waals surface area contributed by atoms with Gasteiger partial charge in [0.05, 0.1) is 5.69 Å². The molecule has 0 fully saturated rings. The molecule has 0 spiro atoms. The van der Waals surface area contributed by atoms with Crippen LogP contribution in [0.15, 0.2) is 60.9 Å². The van der Waals surface area contributed by atoms with Crippen LogP contribution in [0.5, 0.6) is 0 Å². The molecule has 0 unspecified atom stereocenters. The molecule has 20 heavy (non-hydrogen) atoms. The van der Waals surface area contributed by atoms with E-state index in [4.69, 9.17) is 11.6 Å². The van der Waals surface area contributed by atoms with E-state index in [1.54, 1.807) is 10.9 Å². The molecule has 3 rings (SSSR count). The van der Waals surface area contributed by atoms with E-state index in [9.17, 15) is 0 Å². The zero-order valence-electron chi connectivity index (χ0n) is 10.6. The third kappa shape index (κ3) is 2.95. The van der Waals surface area contributed by atoms with Gasteiger partial charge in [-0.25, -0.2) is 9.67 Å². The average molecular weight is 282 g/mol. The van der Waals surface area contributed by atoms with Crippen LogP contribution in [0.3, 0.4) is 0 Å². The van der Waals surface area contributed by atoms with Crippen LogP contribution in [0.1, 0.15) is 11.3 Å². The summed E-state index contributed by atoms with van der Waals surface area (Å²) in [4.78, 5) is 4.25. The van der Waals surface area contributed by atoms with E-state index in [2.05, 4.69) is 10.1 Å². The third-order valence-corrected chi connectivity index (χ3v) is 3.02. The molecule has 98 valence electrons. The first-order valence-corrected chi connectivity index (χ1v) is 6.60. The molecule has 2 aromatic heterocycles. The number of hydrogen-bond acceptors (Lipinski definition) is 2. The van der Waals surface area contributed by atoms with Crippen molar-refractivity contribution in [2.24, 2.45) is 0 Å². The SMILES string of the molecule is Clc1cccc(/C=C/c2ccn(-c3ccccn3)n2)c1. The second-order valence-corrected chi connectivity index (χ2v) is 4.70. The molecule has 2 heterocycles. The summed E-state index contributed by atoms with van der Waals surface area (Å²) < 4.78 is 1.75. The summed E-state index contributed by atoms with van der Waals surface area (Å²) in [5.41, 5.74) is 1.92. The number of pyridine rings is 1. The van der Waals surface area contributed by atoms with Crippen LogP contribution in [-0.2, 0) is 0 Å². The molecule has 0 aliphatic carbocycles. The minimum Gasteiger partial charge on any atom is -0.237 e. The fourth-order valence-corrected chi connectivity index (χ4v) is 2.03. The van der Waals surface area contributed by atoms with Crippen molar-refractivity contribution in [2.75, 3.05) is 0 Å². The van der Waals surface area contributed by atoms with Crippen molar-refractivity contribution in [1.29, 1.82) is 0 Å². The van der Waals surface area contributed by atoms with Crippen LogP contribution in [0.2, 0.25) is 5.02 Å². The second kappa shape index (κ2) is 5.72. The molecule has 4 heteroatoms. The summed E-state index contributed by atoms with van der Waals surface area (Å²) in [6.07, 6.45) is 7.57. The predicted molar refractivity (Wildman–Crippen MR) is 81.7 cm³/mol. The van der Waals surface area contributed by atoms with E-state index >= 15 is 0 Å². The van der Waals surface area contributed by atoms with Crippen molar-refractivity contribution < 1.29 is 0 Å². The van der Waals surface area contributed by atoms with Crippen molar-refractivity contribution in [3.8, 4) is 5.82 Å². The Labute approximate surface area is 122 Å². The normalized spacial score (nSPS) is 11.1. The molecule has 1 aromatic carbocycles. The molecule has 3 aromatic rings. The summed E-state index contributed by atoms with van der Waals surface area (Å²) >= 11 is 5.95. The van der Waals surface area contributed by atoms with Crippen LogP contribution in [-0.4, -0.2) is 14.8 Å². The molecular weight excluding hydrogens is 270 g/mol. The highest BCUT2D eigenvalue weighted by molar-refractivity contribution is 6.30. The van der Waals surface area contributed by atoms with Gasteiger partial charge < -0.3 is 0 Å². The van der Waals surface area contributed by atoms with Crippen molar-refractivity contribution in [3.05, 3.63) is 77.2 Å². The lowest BCUT2D eigenvalue weighted by molar-refractivity contribution is 0.843. The largest absolute Gasteiger partial charge is 0.237 e. The minimum atomic E-state index is 0.728. The summed E-state index contributed by atoms with van der Waals surface area (Å²) in [5, 5.41) is 5.18. The number of rotatable bonds is 3. The fourth-order valence-electron chi connectivity index (χ4n) is 1.84. The molecule has 0 aliphatic heterocycles. The van der Waals surface area contributed by atoms with Crippen molar-refractivity contribution in [2.45, 2.75) is 0 Å². The number of hydrogen-bond donors (Lipinski definition) is 0. The smallest absolute Gasteiger partial charge is 0.153 e. The maximum atomic E-state index is 5.95. The van der Waals surface area contributed by atoms with Gasteiger partial charge in [0, 0.05) is 17.4 Å². The minimum absolute atomic E-state index is 0.728. The molecule has 0 radical (unpaired) electrons. The van der Waals surface area contributed by atoms with Crippen LogP contribution < -0.4 is 0 Å². The van der Waals surface area contributed by atoms with Gasteiger partial charge in [0.25, 0.3) is 0 Å². The average Bonchev–Trinajstić information content (AvgIpc) is 2.95. The van der Waals surface area contributed by atoms with Crippen LogP contribution in [0, 0.1) is 0 Å². The van der Waals surface area contributed by atoms with Gasteiger partial charge in [-0.1, -0.05) is 35.9 Å². The standard InChI is InChI=1S/C16H12ClN3/c17-14-5-3-4-13(12-14)7-8-15-9-11-20(19-15)16-6-1-2-10-18-16/h1-12H/b8-7+. The molecule has 0 aliphatic rings. The Hall–Kier alpha value is -2.39. The quantitative estimate of drug-likeness (QED) is 0.724. The zero-order valence-corrected chi connectivity index (χ0v) is 11.4. The van der Waals surface area contributed by atoms with Gasteiger partial charge in [-0.15, -0.1) is 0 Å². The van der Waals surface area contributed by atoms with Gasteiger partial charge in [0.15, 0.2) is 5.82 Å². The Kier molecular flexibility index (Phi) is 3.61. The number of halogens is 1. The lowest BCUT2D eigenvalue weighted by Crippen LogP contribution is -1.96. The molecule has 0 amide bonds. The van der Waals surface area contributed by atoms with E-state index in [1.165, 1.54) is 0 Å². The second-order valence-electron chi connectivity index (χ2n) is 4.26.